The van der Waals surface area contributed by atoms with Crippen LogP contribution in [0.2, 0.25) is 0 Å². The Morgan fingerprint density at radius 3 is 0.765 bits per heavy atom. The molecule has 0 radical (unpaired) electrons. The molecule has 0 saturated heterocycles. The van der Waals surface area contributed by atoms with E-state index in [-0.39, 0.29) is 35.3 Å². The molecule has 394 valence electrons. The summed E-state index contributed by atoms with van der Waals surface area (Å²) in [4.78, 5) is 0. The lowest BCUT2D eigenvalue weighted by molar-refractivity contribution is -0.253. The van der Waals surface area contributed by atoms with Crippen LogP contribution in [0, 0.1) is 0 Å². The maximum Gasteiger partial charge on any atom is 0.228 e. The second kappa shape index (κ2) is 31.5. The zero-order valence-corrected chi connectivity index (χ0v) is 48.9. The van der Waals surface area contributed by atoms with E-state index in [1.807, 2.05) is 41.2 Å². The van der Waals surface area contributed by atoms with E-state index in [1.54, 1.807) is 0 Å². The highest BCUT2D eigenvalue weighted by molar-refractivity contribution is 9.26. The molecule has 8 aliphatic carbocycles. The van der Waals surface area contributed by atoms with Gasteiger partial charge in [0.15, 0.2) is 10.8 Å². The van der Waals surface area contributed by atoms with Gasteiger partial charge in [-0.3, -0.25) is 0 Å². The van der Waals surface area contributed by atoms with E-state index in [2.05, 4.69) is 0 Å². The van der Waals surface area contributed by atoms with Crippen LogP contribution in [0.25, 0.3) is 0 Å². The first-order chi connectivity index (χ1) is 33.6. The summed E-state index contributed by atoms with van der Waals surface area (Å²) in [6, 6.07) is 0. The molecule has 14 heteroatoms. The minimum atomic E-state index is -1.22. The Morgan fingerprint density at radius 1 is 0.294 bits per heavy atom. The molecular formula is C54H98O8S4Si2. The molecular weight excluding hydrogens is 961 g/mol. The molecule has 0 heterocycles. The fraction of sp³-hybridized carbons (Fsp3) is 1.00. The molecule has 0 N–H and O–H groups in total. The lowest BCUT2D eigenvalue weighted by Crippen LogP contribution is -2.52. The Bertz CT molecular complexity index is 1180. The zero-order valence-electron chi connectivity index (χ0n) is 42.8. The molecule has 0 spiro atoms. The molecule has 2 unspecified atom stereocenters. The molecule has 68 heavy (non-hydrogen) atoms. The third-order valence-corrected chi connectivity index (χ3v) is 26.9. The van der Waals surface area contributed by atoms with Gasteiger partial charge >= 0.3 is 0 Å². The van der Waals surface area contributed by atoms with E-state index >= 15 is 0 Å². The highest BCUT2D eigenvalue weighted by Gasteiger charge is 2.46. The van der Waals surface area contributed by atoms with Gasteiger partial charge in [-0.05, 0) is 144 Å². The normalized spacial score (nSPS) is 26.6. The van der Waals surface area contributed by atoms with E-state index in [9.17, 15) is 0 Å². The van der Waals surface area contributed by atoms with Crippen LogP contribution >= 0.6 is 41.2 Å². The third-order valence-electron chi connectivity index (χ3n) is 17.0. The molecule has 8 rings (SSSR count). The average Bonchev–Trinajstić information content (AvgIpc) is 3.39. The summed E-state index contributed by atoms with van der Waals surface area (Å²) < 4.78 is 59.0. The third kappa shape index (κ3) is 19.9. The van der Waals surface area contributed by atoms with Crippen molar-refractivity contribution in [3.63, 3.8) is 0 Å². The quantitative estimate of drug-likeness (QED) is 0.0340. The van der Waals surface area contributed by atoms with Crippen LogP contribution in [0.1, 0.15) is 270 Å². The molecule has 8 aliphatic rings. The van der Waals surface area contributed by atoms with Crippen LogP contribution in [0.4, 0.5) is 0 Å². The van der Waals surface area contributed by atoms with Gasteiger partial charge in [-0.15, -0.1) is 0 Å². The van der Waals surface area contributed by atoms with Crippen LogP contribution in [0.3, 0.4) is 0 Å². The van der Waals surface area contributed by atoms with Crippen molar-refractivity contribution in [2.75, 3.05) is 0 Å². The molecule has 0 amide bonds. The average molecular weight is 1060 g/mol. The molecule has 8 saturated carbocycles. The monoisotopic (exact) mass is 1060 g/mol. The molecule has 0 aliphatic heterocycles. The van der Waals surface area contributed by atoms with Gasteiger partial charge in [0.1, 0.15) is 10.9 Å². The Hall–Kier alpha value is 1.51. The number of rotatable bonds is 27. The minimum absolute atomic E-state index is 0.0387. The first-order valence-corrected chi connectivity index (χ1v) is 37.0. The zero-order chi connectivity index (χ0) is 46.4. The predicted molar refractivity (Wildman–Crippen MR) is 293 cm³/mol. The summed E-state index contributed by atoms with van der Waals surface area (Å²) in [5.74, 6) is 0. The van der Waals surface area contributed by atoms with Crippen LogP contribution in [-0.4, -0.2) is 90.1 Å². The molecule has 8 fully saturated rings. The topological polar surface area (TPSA) is 73.8 Å². The largest absolute Gasteiger partial charge is 0.415 e. The van der Waals surface area contributed by atoms with Gasteiger partial charge in [0.05, 0.1) is 36.6 Å². The van der Waals surface area contributed by atoms with Gasteiger partial charge in [0, 0.05) is 25.0 Å². The summed E-state index contributed by atoms with van der Waals surface area (Å²) >= 11 is 0. The molecule has 0 aromatic heterocycles. The Balaban J connectivity index is 1.01. The van der Waals surface area contributed by atoms with Crippen LogP contribution in [-0.2, 0) is 37.3 Å². The van der Waals surface area contributed by atoms with Crippen molar-refractivity contribution in [3.05, 3.63) is 0 Å². The van der Waals surface area contributed by atoms with Crippen molar-refractivity contribution >= 4 is 60.8 Å². The van der Waals surface area contributed by atoms with Gasteiger partial charge in [-0.25, -0.2) is 0 Å². The first-order valence-electron chi connectivity index (χ1n) is 29.5. The second-order valence-corrected chi connectivity index (χ2v) is 32.4. The number of ether oxygens (including phenoxy) is 6. The smallest absolute Gasteiger partial charge is 0.228 e. The predicted octanol–water partition coefficient (Wildman–Crippen LogP) is 15.4. The summed E-state index contributed by atoms with van der Waals surface area (Å²) in [5.41, 5.74) is -1.42. The van der Waals surface area contributed by atoms with Gasteiger partial charge < -0.3 is 37.3 Å². The highest BCUT2D eigenvalue weighted by Crippen LogP contribution is 2.52. The van der Waals surface area contributed by atoms with Crippen molar-refractivity contribution in [2.24, 2.45) is 0 Å². The Labute approximate surface area is 435 Å². The van der Waals surface area contributed by atoms with Gasteiger partial charge in [-0.2, -0.15) is 0 Å². The van der Waals surface area contributed by atoms with Gasteiger partial charge in [0.25, 0.3) is 0 Å². The number of hydrogen-bond donors (Lipinski definition) is 0. The lowest BCUT2D eigenvalue weighted by Gasteiger charge is -2.44. The van der Waals surface area contributed by atoms with E-state index in [0.717, 1.165) is 89.9 Å². The van der Waals surface area contributed by atoms with Crippen LogP contribution in [0.15, 0.2) is 0 Å². The Kier molecular flexibility index (Phi) is 25.8. The molecule has 0 aromatic rings. The van der Waals surface area contributed by atoms with E-state index in [4.69, 9.17) is 37.3 Å². The molecule has 0 aromatic carbocycles. The SMILES string of the molecule is C1CCC(O[SiH2]C(CC(OC2CCCCC2)SSSSC(CC(OC2CCCCC2)(OC2CCCCC2)[SiH2]OC2CCCCC2)OC2CCCCC2)(OC2CCCCC2)OC2CCCCC2)CC1. The van der Waals surface area contributed by atoms with E-state index in [1.165, 1.54) is 180 Å². The maximum atomic E-state index is 7.51. The fourth-order valence-corrected chi connectivity index (χ4v) is 23.7. The number of hydrogen-bond acceptors (Lipinski definition) is 12. The van der Waals surface area contributed by atoms with Crippen LogP contribution < -0.4 is 0 Å². The van der Waals surface area contributed by atoms with Crippen molar-refractivity contribution in [2.45, 2.75) is 340 Å². The second-order valence-electron chi connectivity index (χ2n) is 22.9. The minimum Gasteiger partial charge on any atom is -0.415 e. The molecule has 2 atom stereocenters. The first kappa shape index (κ1) is 55.7. The highest BCUT2D eigenvalue weighted by atomic mass is 33.7. The van der Waals surface area contributed by atoms with E-state index in [0.29, 0.717) is 24.4 Å². The van der Waals surface area contributed by atoms with Crippen molar-refractivity contribution in [1.82, 2.24) is 0 Å². The van der Waals surface area contributed by atoms with Crippen molar-refractivity contribution in [1.29, 1.82) is 0 Å². The van der Waals surface area contributed by atoms with Crippen molar-refractivity contribution in [3.8, 4) is 0 Å². The van der Waals surface area contributed by atoms with Crippen molar-refractivity contribution < 1.29 is 37.3 Å². The fourth-order valence-electron chi connectivity index (χ4n) is 13.1. The summed E-state index contributed by atoms with van der Waals surface area (Å²) in [7, 11) is 5.22. The van der Waals surface area contributed by atoms with Gasteiger partial charge in [0.2, 0.25) is 19.5 Å². The van der Waals surface area contributed by atoms with Crippen LogP contribution in [0.5, 0.6) is 0 Å². The van der Waals surface area contributed by atoms with E-state index < -0.39 is 30.3 Å². The maximum absolute atomic E-state index is 7.51. The summed E-state index contributed by atoms with van der Waals surface area (Å²) in [6.07, 6.45) is 53.3. The lowest BCUT2D eigenvalue weighted by atomic mass is 9.97. The summed E-state index contributed by atoms with van der Waals surface area (Å²) in [6.45, 7) is 0. The Morgan fingerprint density at radius 2 is 0.515 bits per heavy atom. The summed E-state index contributed by atoms with van der Waals surface area (Å²) in [5, 5.41) is 0. The molecule has 8 nitrogen and oxygen atoms in total. The molecule has 0 bridgehead atoms. The standard InChI is InChI=1S/C54H98O8S4Si2/c1-9-25-43(26-10-1)55-51(41-53(57-45-29-13-3-14-30-45,58-46-31-15-4-16-32-46)67-61-49-37-21-7-22-38-49)63-65-66-64-52(56-44-27-11-2-12-28-44)42-54(59-47-33-17-5-18-34-47,60-48-35-19-6-20-36-48)68-62-50-39-23-8-24-40-50/h43-52H,1-42,67-68H2. The van der Waals surface area contributed by atoms with Gasteiger partial charge in [-0.1, -0.05) is 154 Å².